The highest BCUT2D eigenvalue weighted by molar-refractivity contribution is 5.43. The minimum absolute atomic E-state index is 0.719. The van der Waals surface area contributed by atoms with E-state index in [0.717, 1.165) is 24.0 Å². The number of pyridine rings is 1. The van der Waals surface area contributed by atoms with E-state index in [0.29, 0.717) is 0 Å². The van der Waals surface area contributed by atoms with Crippen LogP contribution in [0, 0.1) is 5.92 Å². The van der Waals surface area contributed by atoms with Crippen molar-refractivity contribution in [3.63, 3.8) is 0 Å². The fourth-order valence-electron chi connectivity index (χ4n) is 2.21. The standard InChI is InChI=1S/C12H19N3/c13-11-5-6-12(15-9-11)14-8-7-10-3-1-2-4-10/h5-6,9-10H,1-4,7-8,13H2,(H,14,15). The van der Waals surface area contributed by atoms with Gasteiger partial charge in [-0.15, -0.1) is 0 Å². The molecule has 0 atom stereocenters. The van der Waals surface area contributed by atoms with Crippen LogP contribution in [0.1, 0.15) is 32.1 Å². The van der Waals surface area contributed by atoms with E-state index in [1.807, 2.05) is 12.1 Å². The minimum Gasteiger partial charge on any atom is -0.397 e. The van der Waals surface area contributed by atoms with Gasteiger partial charge in [-0.25, -0.2) is 4.98 Å². The lowest BCUT2D eigenvalue weighted by Gasteiger charge is -2.10. The first-order chi connectivity index (χ1) is 7.34. The average molecular weight is 205 g/mol. The second kappa shape index (κ2) is 5.01. The maximum absolute atomic E-state index is 5.56. The van der Waals surface area contributed by atoms with Gasteiger partial charge < -0.3 is 11.1 Å². The Kier molecular flexibility index (Phi) is 3.43. The molecule has 1 fully saturated rings. The molecule has 0 spiro atoms. The van der Waals surface area contributed by atoms with E-state index in [2.05, 4.69) is 10.3 Å². The molecule has 82 valence electrons. The number of rotatable bonds is 4. The van der Waals surface area contributed by atoms with Crippen LogP contribution in [0.15, 0.2) is 18.3 Å². The van der Waals surface area contributed by atoms with Crippen molar-refractivity contribution in [2.24, 2.45) is 5.92 Å². The van der Waals surface area contributed by atoms with Crippen molar-refractivity contribution < 1.29 is 0 Å². The number of nitrogens with one attached hydrogen (secondary N) is 1. The highest BCUT2D eigenvalue weighted by Gasteiger charge is 2.13. The van der Waals surface area contributed by atoms with Gasteiger partial charge in [0.05, 0.1) is 11.9 Å². The summed E-state index contributed by atoms with van der Waals surface area (Å²) in [6.07, 6.45) is 8.63. The monoisotopic (exact) mass is 205 g/mol. The minimum atomic E-state index is 0.719. The molecule has 2 rings (SSSR count). The summed E-state index contributed by atoms with van der Waals surface area (Å²) in [6.45, 7) is 1.03. The molecule has 1 aromatic rings. The Morgan fingerprint density at radius 2 is 2.13 bits per heavy atom. The van der Waals surface area contributed by atoms with E-state index in [1.165, 1.54) is 32.1 Å². The van der Waals surface area contributed by atoms with Gasteiger partial charge in [0.2, 0.25) is 0 Å². The molecule has 1 aliphatic rings. The SMILES string of the molecule is Nc1ccc(NCCC2CCCC2)nc1. The number of nitrogens with two attached hydrogens (primary N) is 1. The number of nitrogens with zero attached hydrogens (tertiary/aromatic N) is 1. The molecular formula is C12H19N3. The van der Waals surface area contributed by atoms with E-state index < -0.39 is 0 Å². The third-order valence-corrected chi connectivity index (χ3v) is 3.12. The molecule has 0 aromatic carbocycles. The molecule has 0 amide bonds. The van der Waals surface area contributed by atoms with Gasteiger partial charge in [0.1, 0.15) is 5.82 Å². The summed E-state index contributed by atoms with van der Waals surface area (Å²) in [6, 6.07) is 3.81. The van der Waals surface area contributed by atoms with Crippen molar-refractivity contribution >= 4 is 11.5 Å². The highest BCUT2D eigenvalue weighted by Crippen LogP contribution is 2.27. The van der Waals surface area contributed by atoms with E-state index in [4.69, 9.17) is 5.73 Å². The zero-order valence-corrected chi connectivity index (χ0v) is 9.08. The molecule has 1 aliphatic carbocycles. The fourth-order valence-corrected chi connectivity index (χ4v) is 2.21. The number of hydrogen-bond donors (Lipinski definition) is 2. The van der Waals surface area contributed by atoms with Gasteiger partial charge in [-0.05, 0) is 24.5 Å². The van der Waals surface area contributed by atoms with Crippen molar-refractivity contribution in [1.82, 2.24) is 4.98 Å². The van der Waals surface area contributed by atoms with Crippen molar-refractivity contribution in [3.05, 3.63) is 18.3 Å². The highest BCUT2D eigenvalue weighted by atomic mass is 15.0. The van der Waals surface area contributed by atoms with Gasteiger partial charge in [0.25, 0.3) is 0 Å². The summed E-state index contributed by atoms with van der Waals surface area (Å²) in [5, 5.41) is 3.33. The summed E-state index contributed by atoms with van der Waals surface area (Å²) >= 11 is 0. The zero-order chi connectivity index (χ0) is 10.5. The lowest BCUT2D eigenvalue weighted by molar-refractivity contribution is 0.518. The largest absolute Gasteiger partial charge is 0.397 e. The Morgan fingerprint density at radius 3 is 2.80 bits per heavy atom. The smallest absolute Gasteiger partial charge is 0.126 e. The normalized spacial score (nSPS) is 16.8. The molecule has 0 aliphatic heterocycles. The van der Waals surface area contributed by atoms with Crippen molar-refractivity contribution in [2.75, 3.05) is 17.6 Å². The maximum Gasteiger partial charge on any atom is 0.126 e. The third-order valence-electron chi connectivity index (χ3n) is 3.12. The molecule has 1 saturated carbocycles. The molecule has 1 aromatic heterocycles. The molecule has 1 heterocycles. The van der Waals surface area contributed by atoms with Crippen LogP contribution in [-0.2, 0) is 0 Å². The first-order valence-electron chi connectivity index (χ1n) is 5.80. The molecule has 15 heavy (non-hydrogen) atoms. The second-order valence-corrected chi connectivity index (χ2v) is 4.34. The van der Waals surface area contributed by atoms with Crippen LogP contribution >= 0.6 is 0 Å². The Bertz CT molecular complexity index is 288. The summed E-state index contributed by atoms with van der Waals surface area (Å²) in [7, 11) is 0. The topological polar surface area (TPSA) is 50.9 Å². The Balaban J connectivity index is 1.71. The van der Waals surface area contributed by atoms with Crippen LogP contribution in [0.4, 0.5) is 11.5 Å². The van der Waals surface area contributed by atoms with Crippen LogP contribution in [0.5, 0.6) is 0 Å². The van der Waals surface area contributed by atoms with Gasteiger partial charge >= 0.3 is 0 Å². The summed E-state index contributed by atoms with van der Waals surface area (Å²) in [5.74, 6) is 1.87. The molecule has 3 nitrogen and oxygen atoms in total. The quantitative estimate of drug-likeness (QED) is 0.794. The van der Waals surface area contributed by atoms with Gasteiger partial charge in [-0.3, -0.25) is 0 Å². The van der Waals surface area contributed by atoms with Gasteiger partial charge in [0.15, 0.2) is 0 Å². The zero-order valence-electron chi connectivity index (χ0n) is 9.08. The van der Waals surface area contributed by atoms with Crippen molar-refractivity contribution in [1.29, 1.82) is 0 Å². The van der Waals surface area contributed by atoms with Gasteiger partial charge in [0, 0.05) is 6.54 Å². The van der Waals surface area contributed by atoms with E-state index in [9.17, 15) is 0 Å². The number of hydrogen-bond acceptors (Lipinski definition) is 3. The molecule has 0 unspecified atom stereocenters. The van der Waals surface area contributed by atoms with E-state index in [1.54, 1.807) is 6.20 Å². The van der Waals surface area contributed by atoms with Crippen LogP contribution in [-0.4, -0.2) is 11.5 Å². The molecule has 0 saturated heterocycles. The van der Waals surface area contributed by atoms with Crippen LogP contribution in [0.2, 0.25) is 0 Å². The lowest BCUT2D eigenvalue weighted by atomic mass is 10.0. The fraction of sp³-hybridized carbons (Fsp3) is 0.583. The molecule has 0 bridgehead atoms. The predicted molar refractivity (Wildman–Crippen MR) is 63.7 cm³/mol. The summed E-state index contributed by atoms with van der Waals surface area (Å²) < 4.78 is 0. The van der Waals surface area contributed by atoms with Crippen molar-refractivity contribution in [3.8, 4) is 0 Å². The average Bonchev–Trinajstić information content (AvgIpc) is 2.74. The molecule has 3 N–H and O–H groups in total. The van der Waals surface area contributed by atoms with Crippen LogP contribution in [0.25, 0.3) is 0 Å². The number of aromatic nitrogens is 1. The third kappa shape index (κ3) is 3.11. The Labute approximate surface area is 91.1 Å². The first kappa shape index (κ1) is 10.3. The molecular weight excluding hydrogens is 186 g/mol. The van der Waals surface area contributed by atoms with E-state index in [-0.39, 0.29) is 0 Å². The Hall–Kier alpha value is -1.25. The van der Waals surface area contributed by atoms with Crippen molar-refractivity contribution in [2.45, 2.75) is 32.1 Å². The molecule has 3 heteroatoms. The number of nitrogen functional groups attached to an aromatic ring is 1. The van der Waals surface area contributed by atoms with Gasteiger partial charge in [-0.1, -0.05) is 25.7 Å². The summed E-state index contributed by atoms with van der Waals surface area (Å²) in [4.78, 5) is 4.21. The Morgan fingerprint density at radius 1 is 1.33 bits per heavy atom. The van der Waals surface area contributed by atoms with Crippen LogP contribution in [0.3, 0.4) is 0 Å². The van der Waals surface area contributed by atoms with E-state index >= 15 is 0 Å². The second-order valence-electron chi connectivity index (χ2n) is 4.34. The summed E-state index contributed by atoms with van der Waals surface area (Å²) in [5.41, 5.74) is 6.28. The van der Waals surface area contributed by atoms with Gasteiger partial charge in [-0.2, -0.15) is 0 Å². The maximum atomic E-state index is 5.56. The molecule has 0 radical (unpaired) electrons. The predicted octanol–water partition coefficient (Wildman–Crippen LogP) is 2.66. The van der Waals surface area contributed by atoms with Crippen LogP contribution < -0.4 is 11.1 Å². The lowest BCUT2D eigenvalue weighted by Crippen LogP contribution is -2.07. The first-order valence-corrected chi connectivity index (χ1v) is 5.80. The number of anilines is 2.